The molecule has 0 radical (unpaired) electrons. The molecule has 1 aliphatic heterocycles. The highest BCUT2D eigenvalue weighted by Gasteiger charge is 2.33. The summed E-state index contributed by atoms with van der Waals surface area (Å²) in [6, 6.07) is 4.73. The maximum absolute atomic E-state index is 11.8. The molecule has 0 aliphatic carbocycles. The van der Waals surface area contributed by atoms with Gasteiger partial charge in [-0.2, -0.15) is 0 Å². The summed E-state index contributed by atoms with van der Waals surface area (Å²) >= 11 is 12.0. The van der Waals surface area contributed by atoms with Crippen molar-refractivity contribution in [2.75, 3.05) is 26.2 Å². The standard InChI is InChI=1S/C16H22Cl2N2O2/c1-3-6-19-7-8-20(10-11(19)2)15(16(21)22)12-4-5-13(17)14(18)9-12/h4-5,9,11,15H,3,6-8,10H2,1-2H3,(H,21,22). The molecule has 1 N–H and O–H groups in total. The molecule has 1 heterocycles. The molecule has 2 unspecified atom stereocenters. The molecule has 0 aromatic heterocycles. The van der Waals surface area contributed by atoms with E-state index in [0.717, 1.165) is 32.6 Å². The summed E-state index contributed by atoms with van der Waals surface area (Å²) in [4.78, 5) is 16.2. The lowest BCUT2D eigenvalue weighted by Crippen LogP contribution is -2.53. The van der Waals surface area contributed by atoms with Gasteiger partial charge in [-0.05, 0) is 37.6 Å². The number of hydrogen-bond acceptors (Lipinski definition) is 3. The zero-order valence-corrected chi connectivity index (χ0v) is 14.4. The predicted octanol–water partition coefficient (Wildman–Crippen LogP) is 3.54. The van der Waals surface area contributed by atoms with E-state index in [1.165, 1.54) is 0 Å². The molecular formula is C16H22Cl2N2O2. The van der Waals surface area contributed by atoms with Gasteiger partial charge in [-0.1, -0.05) is 36.2 Å². The molecule has 2 rings (SSSR count). The van der Waals surface area contributed by atoms with Crippen molar-refractivity contribution in [1.82, 2.24) is 9.80 Å². The third-order valence-electron chi connectivity index (χ3n) is 4.17. The molecular weight excluding hydrogens is 323 g/mol. The largest absolute Gasteiger partial charge is 0.480 e. The molecule has 1 saturated heterocycles. The summed E-state index contributed by atoms with van der Waals surface area (Å²) in [6.45, 7) is 7.73. The molecule has 6 heteroatoms. The molecule has 0 bridgehead atoms. The van der Waals surface area contributed by atoms with Gasteiger partial charge in [0.05, 0.1) is 10.0 Å². The molecule has 1 aliphatic rings. The SMILES string of the molecule is CCCN1CCN(C(C(=O)O)c2ccc(Cl)c(Cl)c2)CC1C. The fourth-order valence-corrected chi connectivity index (χ4v) is 3.38. The lowest BCUT2D eigenvalue weighted by Gasteiger charge is -2.42. The lowest BCUT2D eigenvalue weighted by molar-refractivity contribution is -0.144. The second-order valence-corrected chi connectivity index (χ2v) is 6.61. The van der Waals surface area contributed by atoms with Crippen molar-refractivity contribution in [3.05, 3.63) is 33.8 Å². The van der Waals surface area contributed by atoms with Crippen molar-refractivity contribution < 1.29 is 9.90 Å². The summed E-state index contributed by atoms with van der Waals surface area (Å²) in [5.41, 5.74) is 0.679. The van der Waals surface area contributed by atoms with Crippen LogP contribution in [-0.2, 0) is 4.79 Å². The van der Waals surface area contributed by atoms with Crippen LogP contribution in [0, 0.1) is 0 Å². The van der Waals surface area contributed by atoms with E-state index in [2.05, 4.69) is 18.7 Å². The average molecular weight is 345 g/mol. The zero-order valence-electron chi connectivity index (χ0n) is 12.9. The van der Waals surface area contributed by atoms with Gasteiger partial charge in [-0.15, -0.1) is 0 Å². The first kappa shape index (κ1) is 17.5. The fourth-order valence-electron chi connectivity index (χ4n) is 3.07. The van der Waals surface area contributed by atoms with Crippen LogP contribution in [0.5, 0.6) is 0 Å². The number of benzene rings is 1. The number of halogens is 2. The summed E-state index contributed by atoms with van der Waals surface area (Å²) in [5.74, 6) is -0.852. The van der Waals surface area contributed by atoms with Crippen LogP contribution in [-0.4, -0.2) is 53.1 Å². The van der Waals surface area contributed by atoms with Gasteiger partial charge in [0, 0.05) is 25.7 Å². The van der Waals surface area contributed by atoms with E-state index in [-0.39, 0.29) is 0 Å². The van der Waals surface area contributed by atoms with Crippen molar-refractivity contribution >= 4 is 29.2 Å². The van der Waals surface area contributed by atoms with Gasteiger partial charge < -0.3 is 5.11 Å². The zero-order chi connectivity index (χ0) is 16.3. The van der Waals surface area contributed by atoms with Crippen LogP contribution in [0.2, 0.25) is 10.0 Å². The Bertz CT molecular complexity index is 539. The van der Waals surface area contributed by atoms with Crippen LogP contribution >= 0.6 is 23.2 Å². The Balaban J connectivity index is 2.19. The van der Waals surface area contributed by atoms with E-state index >= 15 is 0 Å². The lowest BCUT2D eigenvalue weighted by atomic mass is 10.0. The van der Waals surface area contributed by atoms with E-state index in [9.17, 15) is 9.90 Å². The minimum Gasteiger partial charge on any atom is -0.480 e. The van der Waals surface area contributed by atoms with Crippen LogP contribution in [0.25, 0.3) is 0 Å². The second-order valence-electron chi connectivity index (χ2n) is 5.79. The highest BCUT2D eigenvalue weighted by molar-refractivity contribution is 6.42. The van der Waals surface area contributed by atoms with Crippen LogP contribution in [0.1, 0.15) is 31.9 Å². The molecule has 1 aromatic carbocycles. The van der Waals surface area contributed by atoms with Gasteiger partial charge >= 0.3 is 5.97 Å². The van der Waals surface area contributed by atoms with E-state index in [0.29, 0.717) is 21.7 Å². The Morgan fingerprint density at radius 3 is 2.64 bits per heavy atom. The van der Waals surface area contributed by atoms with E-state index in [4.69, 9.17) is 23.2 Å². The van der Waals surface area contributed by atoms with Crippen LogP contribution < -0.4 is 0 Å². The van der Waals surface area contributed by atoms with Crippen molar-refractivity contribution in [3.63, 3.8) is 0 Å². The topological polar surface area (TPSA) is 43.8 Å². The van der Waals surface area contributed by atoms with Gasteiger partial charge in [0.25, 0.3) is 0 Å². The Morgan fingerprint density at radius 2 is 2.09 bits per heavy atom. The average Bonchev–Trinajstić information content (AvgIpc) is 2.45. The number of carbonyl (C=O) groups is 1. The summed E-state index contributed by atoms with van der Waals surface area (Å²) < 4.78 is 0. The minimum atomic E-state index is -0.852. The van der Waals surface area contributed by atoms with E-state index < -0.39 is 12.0 Å². The normalized spacial score (nSPS) is 21.7. The number of nitrogens with zero attached hydrogens (tertiary/aromatic N) is 2. The number of hydrogen-bond donors (Lipinski definition) is 1. The van der Waals surface area contributed by atoms with Crippen molar-refractivity contribution in [3.8, 4) is 0 Å². The van der Waals surface area contributed by atoms with Gasteiger partial charge in [0.15, 0.2) is 0 Å². The third kappa shape index (κ3) is 3.93. The molecule has 1 fully saturated rings. The first-order chi connectivity index (χ1) is 10.4. The maximum Gasteiger partial charge on any atom is 0.325 e. The molecule has 2 atom stereocenters. The van der Waals surface area contributed by atoms with Crippen LogP contribution in [0.3, 0.4) is 0 Å². The van der Waals surface area contributed by atoms with Crippen molar-refractivity contribution in [2.24, 2.45) is 0 Å². The summed E-state index contributed by atoms with van der Waals surface area (Å²) in [6.07, 6.45) is 1.11. The molecule has 0 amide bonds. The highest BCUT2D eigenvalue weighted by atomic mass is 35.5. The maximum atomic E-state index is 11.8. The number of aliphatic carboxylic acids is 1. The van der Waals surface area contributed by atoms with Crippen molar-refractivity contribution in [2.45, 2.75) is 32.4 Å². The smallest absolute Gasteiger partial charge is 0.325 e. The first-order valence-electron chi connectivity index (χ1n) is 7.60. The van der Waals surface area contributed by atoms with Gasteiger partial charge in [-0.3, -0.25) is 14.6 Å². The number of piperazine rings is 1. The van der Waals surface area contributed by atoms with Crippen LogP contribution in [0.15, 0.2) is 18.2 Å². The number of carboxylic acid groups (broad SMARTS) is 1. The van der Waals surface area contributed by atoms with Gasteiger partial charge in [0.1, 0.15) is 6.04 Å². The molecule has 22 heavy (non-hydrogen) atoms. The Hall–Kier alpha value is -0.810. The van der Waals surface area contributed by atoms with Crippen LogP contribution in [0.4, 0.5) is 0 Å². The summed E-state index contributed by atoms with van der Waals surface area (Å²) in [7, 11) is 0. The van der Waals surface area contributed by atoms with E-state index in [1.807, 2.05) is 4.90 Å². The fraction of sp³-hybridized carbons (Fsp3) is 0.562. The van der Waals surface area contributed by atoms with Crippen molar-refractivity contribution in [1.29, 1.82) is 0 Å². The molecule has 1 aromatic rings. The quantitative estimate of drug-likeness (QED) is 0.887. The van der Waals surface area contributed by atoms with Gasteiger partial charge in [0.2, 0.25) is 0 Å². The second kappa shape index (κ2) is 7.64. The third-order valence-corrected chi connectivity index (χ3v) is 4.90. The highest BCUT2D eigenvalue weighted by Crippen LogP contribution is 2.30. The minimum absolute atomic E-state index is 0.346. The van der Waals surface area contributed by atoms with E-state index in [1.54, 1.807) is 18.2 Å². The molecule has 4 nitrogen and oxygen atoms in total. The summed E-state index contributed by atoms with van der Waals surface area (Å²) in [5, 5.41) is 10.5. The number of rotatable bonds is 5. The Morgan fingerprint density at radius 1 is 1.36 bits per heavy atom. The molecule has 0 saturated carbocycles. The predicted molar refractivity (Wildman–Crippen MR) is 89.7 cm³/mol. The Labute approximate surface area is 141 Å². The first-order valence-corrected chi connectivity index (χ1v) is 8.35. The number of carboxylic acids is 1. The molecule has 0 spiro atoms. The Kier molecular flexibility index (Phi) is 6.09. The van der Waals surface area contributed by atoms with Gasteiger partial charge in [-0.25, -0.2) is 0 Å². The monoisotopic (exact) mass is 344 g/mol. The molecule has 122 valence electrons.